The summed E-state index contributed by atoms with van der Waals surface area (Å²) in [5, 5.41) is 5.94. The number of guanidine groups is 1. The van der Waals surface area contributed by atoms with Crippen LogP contribution in [0.15, 0.2) is 29.3 Å². The van der Waals surface area contributed by atoms with Crippen LogP contribution < -0.4 is 15.4 Å². The van der Waals surface area contributed by atoms with E-state index in [9.17, 15) is 18.0 Å². The van der Waals surface area contributed by atoms with E-state index in [1.165, 1.54) is 23.1 Å². The molecule has 0 aliphatic heterocycles. The molecule has 0 saturated heterocycles. The molecule has 6 nitrogen and oxygen atoms in total. The second kappa shape index (κ2) is 12.6. The minimum absolute atomic E-state index is 0. The molecule has 0 aliphatic carbocycles. The number of hydrogen-bond acceptors (Lipinski definition) is 3. The molecule has 2 N–H and O–H groups in total. The van der Waals surface area contributed by atoms with Crippen LogP contribution in [0.5, 0.6) is 5.75 Å². The molecule has 1 aromatic carbocycles. The molecule has 0 radical (unpaired) electrons. The Kier molecular flexibility index (Phi) is 11.8. The zero-order valence-electron chi connectivity index (χ0n) is 15.6. The van der Waals surface area contributed by atoms with Crippen LogP contribution in [0.1, 0.15) is 25.3 Å². The van der Waals surface area contributed by atoms with E-state index >= 15 is 0 Å². The van der Waals surface area contributed by atoms with E-state index in [-0.39, 0.29) is 48.7 Å². The summed E-state index contributed by atoms with van der Waals surface area (Å²) < 4.78 is 41.5. The van der Waals surface area contributed by atoms with E-state index in [0.717, 1.165) is 12.8 Å². The standard InChI is InChI=1S/C17H25F3N4O2.HI/c1-4-5-10-21-16(23-12-15(25)24(2)3)22-11-13-8-6-7-9-14(13)26-17(18,19)20;/h6-9H,4-5,10-12H2,1-3H3,(H2,21,22,23);1H. The van der Waals surface area contributed by atoms with Gasteiger partial charge in [-0.1, -0.05) is 31.5 Å². The molecule has 1 rings (SSSR count). The van der Waals surface area contributed by atoms with Gasteiger partial charge in [0.25, 0.3) is 0 Å². The highest BCUT2D eigenvalue weighted by atomic mass is 127. The van der Waals surface area contributed by atoms with Gasteiger partial charge in [0.1, 0.15) is 5.75 Å². The SMILES string of the molecule is CCCCNC(=NCc1ccccc1OC(F)(F)F)NCC(=O)N(C)C.I. The van der Waals surface area contributed by atoms with Crippen molar-refractivity contribution in [3.63, 3.8) is 0 Å². The molecule has 0 fully saturated rings. The van der Waals surface area contributed by atoms with Crippen molar-refractivity contribution in [2.75, 3.05) is 27.2 Å². The van der Waals surface area contributed by atoms with E-state index in [0.29, 0.717) is 18.1 Å². The number of carbonyl (C=O) groups excluding carboxylic acids is 1. The van der Waals surface area contributed by atoms with Gasteiger partial charge in [-0.3, -0.25) is 4.79 Å². The molecular weight excluding hydrogens is 476 g/mol. The molecule has 0 aromatic heterocycles. The average molecular weight is 502 g/mol. The van der Waals surface area contributed by atoms with Crippen LogP contribution in [-0.4, -0.2) is 50.3 Å². The summed E-state index contributed by atoms with van der Waals surface area (Å²) in [6, 6.07) is 5.83. The van der Waals surface area contributed by atoms with Gasteiger partial charge in [0.15, 0.2) is 5.96 Å². The third kappa shape index (κ3) is 10.9. The van der Waals surface area contributed by atoms with Crippen molar-refractivity contribution < 1.29 is 22.7 Å². The molecule has 0 aliphatic rings. The Labute approximate surface area is 174 Å². The van der Waals surface area contributed by atoms with Crippen molar-refractivity contribution in [2.45, 2.75) is 32.7 Å². The first-order valence-electron chi connectivity index (χ1n) is 8.29. The van der Waals surface area contributed by atoms with Gasteiger partial charge in [-0.25, -0.2) is 4.99 Å². The Balaban J connectivity index is 0.00000676. The summed E-state index contributed by atoms with van der Waals surface area (Å²) >= 11 is 0. The highest BCUT2D eigenvalue weighted by molar-refractivity contribution is 14.0. The van der Waals surface area contributed by atoms with Gasteiger partial charge in [0.2, 0.25) is 5.91 Å². The lowest BCUT2D eigenvalue weighted by Gasteiger charge is -2.15. The first-order valence-corrected chi connectivity index (χ1v) is 8.29. The average Bonchev–Trinajstić information content (AvgIpc) is 2.56. The molecule has 0 atom stereocenters. The summed E-state index contributed by atoms with van der Waals surface area (Å²) in [4.78, 5) is 17.4. The number of benzene rings is 1. The molecule has 27 heavy (non-hydrogen) atoms. The van der Waals surface area contributed by atoms with Crippen LogP contribution in [0.3, 0.4) is 0 Å². The number of amides is 1. The van der Waals surface area contributed by atoms with Crippen LogP contribution >= 0.6 is 24.0 Å². The maximum Gasteiger partial charge on any atom is 0.573 e. The fourth-order valence-electron chi connectivity index (χ4n) is 1.90. The fourth-order valence-corrected chi connectivity index (χ4v) is 1.90. The van der Waals surface area contributed by atoms with E-state index in [2.05, 4.69) is 20.4 Å². The number of unbranched alkanes of at least 4 members (excludes halogenated alkanes) is 1. The minimum Gasteiger partial charge on any atom is -0.405 e. The van der Waals surface area contributed by atoms with Crippen molar-refractivity contribution in [1.29, 1.82) is 0 Å². The number of aliphatic imine (C=N–C) groups is 1. The van der Waals surface area contributed by atoms with Gasteiger partial charge >= 0.3 is 6.36 Å². The van der Waals surface area contributed by atoms with Gasteiger partial charge in [0, 0.05) is 26.2 Å². The van der Waals surface area contributed by atoms with Crippen molar-refractivity contribution in [2.24, 2.45) is 4.99 Å². The summed E-state index contributed by atoms with van der Waals surface area (Å²) in [6.07, 6.45) is -2.90. The van der Waals surface area contributed by atoms with E-state index in [1.54, 1.807) is 20.2 Å². The molecule has 1 amide bonds. The van der Waals surface area contributed by atoms with E-state index in [4.69, 9.17) is 0 Å². The summed E-state index contributed by atoms with van der Waals surface area (Å²) in [5.74, 6) is -0.0766. The van der Waals surface area contributed by atoms with E-state index < -0.39 is 6.36 Å². The van der Waals surface area contributed by atoms with Crippen molar-refractivity contribution >= 4 is 35.8 Å². The number of halogens is 4. The normalized spacial score (nSPS) is 11.4. The fraction of sp³-hybridized carbons (Fsp3) is 0.529. The van der Waals surface area contributed by atoms with Crippen molar-refractivity contribution in [3.05, 3.63) is 29.8 Å². The minimum atomic E-state index is -4.77. The third-order valence-corrected chi connectivity index (χ3v) is 3.33. The number of likely N-dealkylation sites (N-methyl/N-ethyl adjacent to an activating group) is 1. The maximum absolute atomic E-state index is 12.5. The van der Waals surface area contributed by atoms with Crippen LogP contribution in [-0.2, 0) is 11.3 Å². The molecule has 1 aromatic rings. The largest absolute Gasteiger partial charge is 0.573 e. The predicted molar refractivity (Wildman–Crippen MR) is 109 cm³/mol. The van der Waals surface area contributed by atoms with Crippen LogP contribution in [0.2, 0.25) is 0 Å². The number of alkyl halides is 3. The second-order valence-corrected chi connectivity index (χ2v) is 5.74. The lowest BCUT2D eigenvalue weighted by molar-refractivity contribution is -0.274. The molecular formula is C17H26F3IN4O2. The maximum atomic E-state index is 12.5. The van der Waals surface area contributed by atoms with Crippen LogP contribution in [0.25, 0.3) is 0 Å². The first kappa shape index (κ1) is 25.3. The quantitative estimate of drug-likeness (QED) is 0.248. The second-order valence-electron chi connectivity index (χ2n) is 5.74. The number of nitrogens with zero attached hydrogens (tertiary/aromatic N) is 2. The zero-order valence-corrected chi connectivity index (χ0v) is 17.9. The molecule has 0 spiro atoms. The predicted octanol–water partition coefficient (Wildman–Crippen LogP) is 3.13. The van der Waals surface area contributed by atoms with Crippen molar-refractivity contribution in [1.82, 2.24) is 15.5 Å². The van der Waals surface area contributed by atoms with Gasteiger partial charge in [0.05, 0.1) is 13.1 Å². The Bertz CT molecular complexity index is 610. The lowest BCUT2D eigenvalue weighted by atomic mass is 10.2. The Morgan fingerprint density at radius 2 is 1.89 bits per heavy atom. The van der Waals surface area contributed by atoms with Gasteiger partial charge < -0.3 is 20.3 Å². The Hall–Kier alpha value is -1.72. The summed E-state index contributed by atoms with van der Waals surface area (Å²) in [5.41, 5.74) is 0.292. The first-order chi connectivity index (χ1) is 12.2. The molecule has 154 valence electrons. The number of carbonyl (C=O) groups is 1. The molecule has 0 saturated carbocycles. The van der Waals surface area contributed by atoms with Gasteiger partial charge in [-0.05, 0) is 12.5 Å². The number of ether oxygens (including phenoxy) is 1. The monoisotopic (exact) mass is 502 g/mol. The molecule has 0 bridgehead atoms. The van der Waals surface area contributed by atoms with Crippen LogP contribution in [0, 0.1) is 0 Å². The third-order valence-electron chi connectivity index (χ3n) is 3.33. The van der Waals surface area contributed by atoms with E-state index in [1.807, 2.05) is 6.92 Å². The molecule has 0 unspecified atom stereocenters. The number of rotatable bonds is 8. The molecule has 0 heterocycles. The smallest absolute Gasteiger partial charge is 0.405 e. The number of para-hydroxylation sites is 1. The van der Waals surface area contributed by atoms with Crippen LogP contribution in [0.4, 0.5) is 13.2 Å². The highest BCUT2D eigenvalue weighted by Gasteiger charge is 2.31. The van der Waals surface area contributed by atoms with Gasteiger partial charge in [-0.15, -0.1) is 37.1 Å². The highest BCUT2D eigenvalue weighted by Crippen LogP contribution is 2.26. The summed E-state index contributed by atoms with van der Waals surface area (Å²) in [6.45, 7) is 2.68. The topological polar surface area (TPSA) is 66.0 Å². The number of hydrogen-bond donors (Lipinski definition) is 2. The van der Waals surface area contributed by atoms with Gasteiger partial charge in [-0.2, -0.15) is 0 Å². The number of nitrogens with one attached hydrogen (secondary N) is 2. The molecule has 10 heteroatoms. The zero-order chi connectivity index (χ0) is 19.6. The Morgan fingerprint density at radius 3 is 2.48 bits per heavy atom. The Morgan fingerprint density at radius 1 is 1.22 bits per heavy atom. The summed E-state index contributed by atoms with van der Waals surface area (Å²) in [7, 11) is 3.27. The van der Waals surface area contributed by atoms with Crippen molar-refractivity contribution in [3.8, 4) is 5.75 Å². The lowest BCUT2D eigenvalue weighted by Crippen LogP contribution is -2.43.